The van der Waals surface area contributed by atoms with Crippen LogP contribution in [0.2, 0.25) is 0 Å². The van der Waals surface area contributed by atoms with E-state index in [9.17, 15) is 26.8 Å². The molecule has 1 atom stereocenters. The molecular weight excluding hydrogens is 330 g/mol. The van der Waals surface area contributed by atoms with E-state index in [1.807, 2.05) is 0 Å². The van der Waals surface area contributed by atoms with Crippen molar-refractivity contribution in [3.63, 3.8) is 0 Å². The molecule has 0 aliphatic carbocycles. The molecule has 23 heavy (non-hydrogen) atoms. The second-order valence-electron chi connectivity index (χ2n) is 5.30. The van der Waals surface area contributed by atoms with E-state index in [-0.39, 0.29) is 30.2 Å². The highest BCUT2D eigenvalue weighted by Crippen LogP contribution is 2.10. The van der Waals surface area contributed by atoms with E-state index in [0.717, 1.165) is 12.1 Å². The first-order chi connectivity index (χ1) is 10.7. The molecular formula is C14H16F2N2O4S. The smallest absolute Gasteiger partial charge is 0.254 e. The van der Waals surface area contributed by atoms with Gasteiger partial charge in [-0.3, -0.25) is 9.59 Å². The Bertz CT molecular complexity index is 722. The van der Waals surface area contributed by atoms with Crippen LogP contribution in [-0.2, 0) is 14.6 Å². The number of rotatable bonds is 3. The predicted octanol–water partition coefficient (Wildman–Crippen LogP) is 0.340. The summed E-state index contributed by atoms with van der Waals surface area (Å²) in [6.45, 7) is 1.54. The summed E-state index contributed by atoms with van der Waals surface area (Å²) in [7, 11) is -3.12. The van der Waals surface area contributed by atoms with E-state index in [4.69, 9.17) is 0 Å². The van der Waals surface area contributed by atoms with Gasteiger partial charge in [-0.05, 0) is 19.1 Å². The number of hydrogen-bond acceptors (Lipinski definition) is 4. The zero-order chi connectivity index (χ0) is 17.2. The van der Waals surface area contributed by atoms with Crippen LogP contribution in [0.25, 0.3) is 0 Å². The predicted molar refractivity (Wildman–Crippen MR) is 78.5 cm³/mol. The first kappa shape index (κ1) is 17.3. The molecule has 0 saturated carbocycles. The minimum atomic E-state index is -3.12. The molecule has 1 fully saturated rings. The molecule has 0 aromatic heterocycles. The van der Waals surface area contributed by atoms with E-state index in [2.05, 4.69) is 5.32 Å². The average Bonchev–Trinajstić information content (AvgIpc) is 2.46. The summed E-state index contributed by atoms with van der Waals surface area (Å²) in [5, 5.41) is 2.33. The second-order valence-corrected chi connectivity index (χ2v) is 7.60. The van der Waals surface area contributed by atoms with Crippen LogP contribution in [0.15, 0.2) is 18.2 Å². The summed E-state index contributed by atoms with van der Waals surface area (Å²) in [5.74, 6) is -3.36. The summed E-state index contributed by atoms with van der Waals surface area (Å²) >= 11 is 0. The number of sulfone groups is 1. The summed E-state index contributed by atoms with van der Waals surface area (Å²) < 4.78 is 49.0. The second kappa shape index (κ2) is 6.61. The van der Waals surface area contributed by atoms with Crippen molar-refractivity contribution in [3.8, 4) is 0 Å². The molecule has 1 aromatic rings. The number of nitrogens with one attached hydrogen (secondary N) is 1. The number of carbonyl (C=O) groups is 2. The van der Waals surface area contributed by atoms with Crippen molar-refractivity contribution < 1.29 is 26.8 Å². The van der Waals surface area contributed by atoms with Crippen LogP contribution in [0.4, 0.5) is 8.78 Å². The fourth-order valence-electron chi connectivity index (χ4n) is 2.22. The van der Waals surface area contributed by atoms with Gasteiger partial charge in [0, 0.05) is 19.2 Å². The average molecular weight is 346 g/mol. The van der Waals surface area contributed by atoms with E-state index >= 15 is 0 Å². The zero-order valence-electron chi connectivity index (χ0n) is 12.4. The third-order valence-electron chi connectivity index (χ3n) is 3.55. The normalized spacial score (nSPS) is 18.3. The lowest BCUT2D eigenvalue weighted by atomic mass is 10.1. The van der Waals surface area contributed by atoms with E-state index in [1.54, 1.807) is 0 Å². The highest BCUT2D eigenvalue weighted by atomic mass is 32.2. The highest BCUT2D eigenvalue weighted by molar-refractivity contribution is 7.91. The van der Waals surface area contributed by atoms with Crippen LogP contribution in [-0.4, -0.2) is 55.8 Å². The van der Waals surface area contributed by atoms with Gasteiger partial charge in [0.05, 0.1) is 17.1 Å². The Morgan fingerprint density at radius 3 is 2.39 bits per heavy atom. The maximum absolute atomic E-state index is 13.5. The highest BCUT2D eigenvalue weighted by Gasteiger charge is 2.29. The van der Waals surface area contributed by atoms with Crippen LogP contribution in [0.3, 0.4) is 0 Å². The van der Waals surface area contributed by atoms with Crippen LogP contribution in [0.1, 0.15) is 17.3 Å². The standard InChI is InChI=1S/C14H16F2N2O4S/c1-9(14(20)18-4-6-23(21,22)7-5-18)17-13(19)11-3-2-10(15)8-12(11)16/h2-3,8-9H,4-7H2,1H3,(H,17,19)/t9-/m1/s1. The van der Waals surface area contributed by atoms with E-state index < -0.39 is 39.3 Å². The molecule has 0 radical (unpaired) electrons. The van der Waals surface area contributed by atoms with Gasteiger partial charge in [-0.25, -0.2) is 17.2 Å². The van der Waals surface area contributed by atoms with Crippen molar-refractivity contribution in [2.24, 2.45) is 0 Å². The lowest BCUT2D eigenvalue weighted by Crippen LogP contribution is -2.51. The quantitative estimate of drug-likeness (QED) is 0.855. The molecule has 9 heteroatoms. The van der Waals surface area contributed by atoms with Gasteiger partial charge in [0.1, 0.15) is 17.7 Å². The van der Waals surface area contributed by atoms with Gasteiger partial charge >= 0.3 is 0 Å². The SMILES string of the molecule is C[C@@H](NC(=O)c1ccc(F)cc1F)C(=O)N1CCS(=O)(=O)CC1. The van der Waals surface area contributed by atoms with Gasteiger partial charge in [0.2, 0.25) is 5.91 Å². The molecule has 1 aliphatic rings. The fourth-order valence-corrected chi connectivity index (χ4v) is 3.42. The Balaban J connectivity index is 1.99. The molecule has 1 aromatic carbocycles. The van der Waals surface area contributed by atoms with Crippen molar-refractivity contribution >= 4 is 21.7 Å². The number of nitrogens with zero attached hydrogens (tertiary/aromatic N) is 1. The molecule has 0 bridgehead atoms. The lowest BCUT2D eigenvalue weighted by Gasteiger charge is -2.29. The van der Waals surface area contributed by atoms with Crippen molar-refractivity contribution in [1.29, 1.82) is 0 Å². The number of amides is 2. The third-order valence-corrected chi connectivity index (χ3v) is 5.16. The monoisotopic (exact) mass is 346 g/mol. The Morgan fingerprint density at radius 2 is 1.83 bits per heavy atom. The molecule has 2 rings (SSSR count). The first-order valence-electron chi connectivity index (χ1n) is 6.95. The van der Waals surface area contributed by atoms with Crippen molar-refractivity contribution in [2.75, 3.05) is 24.6 Å². The van der Waals surface area contributed by atoms with Gasteiger partial charge in [-0.2, -0.15) is 0 Å². The van der Waals surface area contributed by atoms with Crippen LogP contribution in [0, 0.1) is 11.6 Å². The lowest BCUT2D eigenvalue weighted by molar-refractivity contribution is -0.132. The van der Waals surface area contributed by atoms with Crippen LogP contribution < -0.4 is 5.32 Å². The van der Waals surface area contributed by atoms with Crippen molar-refractivity contribution in [2.45, 2.75) is 13.0 Å². The largest absolute Gasteiger partial charge is 0.340 e. The van der Waals surface area contributed by atoms with Crippen molar-refractivity contribution in [1.82, 2.24) is 10.2 Å². The van der Waals surface area contributed by atoms with Gasteiger partial charge in [-0.1, -0.05) is 0 Å². The number of benzene rings is 1. The number of hydrogen-bond donors (Lipinski definition) is 1. The van der Waals surface area contributed by atoms with Gasteiger partial charge in [0.25, 0.3) is 5.91 Å². The van der Waals surface area contributed by atoms with E-state index in [0.29, 0.717) is 6.07 Å². The van der Waals surface area contributed by atoms with Crippen LogP contribution >= 0.6 is 0 Å². The molecule has 1 heterocycles. The molecule has 1 aliphatic heterocycles. The molecule has 126 valence electrons. The van der Waals surface area contributed by atoms with Gasteiger partial charge in [0.15, 0.2) is 9.84 Å². The van der Waals surface area contributed by atoms with Gasteiger partial charge < -0.3 is 10.2 Å². The van der Waals surface area contributed by atoms with Crippen LogP contribution in [0.5, 0.6) is 0 Å². The summed E-state index contributed by atoms with van der Waals surface area (Å²) in [4.78, 5) is 25.5. The summed E-state index contributed by atoms with van der Waals surface area (Å²) in [6.07, 6.45) is 0. The Morgan fingerprint density at radius 1 is 1.22 bits per heavy atom. The topological polar surface area (TPSA) is 83.6 Å². The minimum Gasteiger partial charge on any atom is -0.340 e. The van der Waals surface area contributed by atoms with E-state index in [1.165, 1.54) is 11.8 Å². The summed E-state index contributed by atoms with van der Waals surface area (Å²) in [6, 6.07) is 1.56. The maximum Gasteiger partial charge on any atom is 0.254 e. The maximum atomic E-state index is 13.5. The zero-order valence-corrected chi connectivity index (χ0v) is 13.2. The molecule has 1 saturated heterocycles. The minimum absolute atomic E-state index is 0.0618. The summed E-state index contributed by atoms with van der Waals surface area (Å²) in [5.41, 5.74) is -0.368. The Labute approximate surface area is 132 Å². The molecule has 1 N–H and O–H groups in total. The third kappa shape index (κ3) is 4.25. The molecule has 0 unspecified atom stereocenters. The number of carbonyl (C=O) groups excluding carboxylic acids is 2. The molecule has 0 spiro atoms. The van der Waals surface area contributed by atoms with Crippen molar-refractivity contribution in [3.05, 3.63) is 35.4 Å². The van der Waals surface area contributed by atoms with Gasteiger partial charge in [-0.15, -0.1) is 0 Å². The Kier molecular flexibility index (Phi) is 4.98. The first-order valence-corrected chi connectivity index (χ1v) is 8.77. The number of halogens is 2. The fraction of sp³-hybridized carbons (Fsp3) is 0.429. The molecule has 2 amide bonds. The molecule has 6 nitrogen and oxygen atoms in total. The Hall–Kier alpha value is -2.03.